The Hall–Kier alpha value is -2.57. The van der Waals surface area contributed by atoms with E-state index < -0.39 is 5.82 Å². The topological polar surface area (TPSA) is 68.2 Å². The summed E-state index contributed by atoms with van der Waals surface area (Å²) in [5, 5.41) is 5.53. The number of ether oxygens (including phenoxy) is 1. The van der Waals surface area contributed by atoms with Crippen LogP contribution >= 0.6 is 0 Å². The van der Waals surface area contributed by atoms with Gasteiger partial charge in [0.25, 0.3) is 0 Å². The molecule has 1 saturated carbocycles. The largest absolute Gasteiger partial charge is 0.490 e. The van der Waals surface area contributed by atoms with Gasteiger partial charge in [0.15, 0.2) is 11.6 Å². The van der Waals surface area contributed by atoms with Crippen LogP contribution in [-0.2, 0) is 13.6 Å². The van der Waals surface area contributed by atoms with Gasteiger partial charge in [-0.05, 0) is 43.4 Å². The first kappa shape index (κ1) is 17.3. The molecule has 3 rings (SSSR count). The molecule has 1 aromatic carbocycles. The first-order valence-corrected chi connectivity index (χ1v) is 8.45. The van der Waals surface area contributed by atoms with Crippen molar-refractivity contribution >= 4 is 6.03 Å². The molecule has 6 nitrogen and oxygen atoms in total. The van der Waals surface area contributed by atoms with Crippen LogP contribution in [0.25, 0.3) is 0 Å². The number of carbonyl (C=O) groups is 1. The molecule has 25 heavy (non-hydrogen) atoms. The number of halogens is 1. The molecule has 0 bridgehead atoms. The van der Waals surface area contributed by atoms with Gasteiger partial charge in [-0.25, -0.2) is 14.2 Å². The number of imidazole rings is 1. The second-order valence-corrected chi connectivity index (χ2v) is 6.45. The van der Waals surface area contributed by atoms with Gasteiger partial charge in [0.1, 0.15) is 5.82 Å². The Balaban J connectivity index is 1.51. The van der Waals surface area contributed by atoms with Crippen molar-refractivity contribution in [1.29, 1.82) is 0 Å². The number of aryl methyl sites for hydroxylation is 1. The van der Waals surface area contributed by atoms with Crippen molar-refractivity contribution in [2.24, 2.45) is 13.0 Å². The number of hydrogen-bond acceptors (Lipinski definition) is 3. The van der Waals surface area contributed by atoms with Gasteiger partial charge < -0.3 is 19.9 Å². The third kappa shape index (κ3) is 4.71. The van der Waals surface area contributed by atoms with Gasteiger partial charge in [-0.2, -0.15) is 0 Å². The molecular weight excluding hydrogens is 323 g/mol. The number of amides is 2. The molecule has 0 aliphatic heterocycles. The first-order valence-electron chi connectivity index (χ1n) is 8.45. The second-order valence-electron chi connectivity index (χ2n) is 6.45. The highest BCUT2D eigenvalue weighted by Crippen LogP contribution is 2.30. The van der Waals surface area contributed by atoms with E-state index in [0.717, 1.165) is 18.7 Å². The van der Waals surface area contributed by atoms with Gasteiger partial charge >= 0.3 is 6.03 Å². The third-order valence-electron chi connectivity index (χ3n) is 4.30. The predicted octanol–water partition coefficient (Wildman–Crippen LogP) is 2.91. The van der Waals surface area contributed by atoms with Crippen LogP contribution in [0.4, 0.5) is 9.18 Å². The van der Waals surface area contributed by atoms with E-state index in [-0.39, 0.29) is 17.8 Å². The summed E-state index contributed by atoms with van der Waals surface area (Å²) >= 11 is 0. The molecule has 1 fully saturated rings. The maximum atomic E-state index is 14.1. The summed E-state index contributed by atoms with van der Waals surface area (Å²) in [6.07, 6.45) is 5.81. The van der Waals surface area contributed by atoms with E-state index in [9.17, 15) is 9.18 Å². The molecule has 1 atom stereocenters. The molecule has 0 spiro atoms. The summed E-state index contributed by atoms with van der Waals surface area (Å²) in [6.45, 7) is 2.70. The minimum atomic E-state index is -0.403. The number of benzene rings is 1. The molecule has 7 heteroatoms. The van der Waals surface area contributed by atoms with E-state index in [1.165, 1.54) is 6.07 Å². The number of hydrogen-bond donors (Lipinski definition) is 2. The molecule has 0 radical (unpaired) electrons. The van der Waals surface area contributed by atoms with Crippen molar-refractivity contribution in [2.45, 2.75) is 32.4 Å². The molecule has 1 aromatic heterocycles. The van der Waals surface area contributed by atoms with Gasteiger partial charge in [-0.15, -0.1) is 0 Å². The smallest absolute Gasteiger partial charge is 0.315 e. The Labute approximate surface area is 146 Å². The van der Waals surface area contributed by atoms with E-state index in [0.29, 0.717) is 24.6 Å². The van der Waals surface area contributed by atoms with E-state index in [1.807, 2.05) is 17.8 Å². The standard InChI is InChI=1S/C18H23FN4O2/c1-12(22-18(24)21-10-17-20-7-8-23(17)2)14-5-6-16(15(19)9-14)25-11-13-3-4-13/h5-9,12-13H,3-4,10-11H2,1-2H3,(H2,21,22,24). The zero-order chi connectivity index (χ0) is 17.8. The summed E-state index contributed by atoms with van der Waals surface area (Å²) in [4.78, 5) is 16.1. The van der Waals surface area contributed by atoms with Crippen LogP contribution in [0.5, 0.6) is 5.75 Å². The molecule has 2 N–H and O–H groups in total. The fraction of sp³-hybridized carbons (Fsp3) is 0.444. The number of carbonyl (C=O) groups excluding carboxylic acids is 1. The molecule has 1 aliphatic carbocycles. The van der Waals surface area contributed by atoms with Crippen LogP contribution in [0.3, 0.4) is 0 Å². The van der Waals surface area contributed by atoms with Crippen molar-refractivity contribution in [3.63, 3.8) is 0 Å². The summed E-state index contributed by atoms with van der Waals surface area (Å²) in [7, 11) is 1.86. The monoisotopic (exact) mass is 346 g/mol. The zero-order valence-electron chi connectivity index (χ0n) is 14.5. The Morgan fingerprint density at radius 1 is 1.48 bits per heavy atom. The molecule has 0 saturated heterocycles. The number of urea groups is 1. The quantitative estimate of drug-likeness (QED) is 0.810. The summed E-state index contributed by atoms with van der Waals surface area (Å²) in [5.74, 6) is 1.19. The highest BCUT2D eigenvalue weighted by Gasteiger charge is 2.22. The van der Waals surface area contributed by atoms with Crippen LogP contribution in [0.2, 0.25) is 0 Å². The third-order valence-corrected chi connectivity index (χ3v) is 4.30. The van der Waals surface area contributed by atoms with Gasteiger partial charge in [0.05, 0.1) is 19.2 Å². The Kier molecular flexibility index (Phi) is 5.21. The van der Waals surface area contributed by atoms with Crippen LogP contribution in [-0.4, -0.2) is 22.2 Å². The second kappa shape index (κ2) is 7.55. The highest BCUT2D eigenvalue weighted by atomic mass is 19.1. The normalized spacial score (nSPS) is 14.8. The van der Waals surface area contributed by atoms with Crippen molar-refractivity contribution < 1.29 is 13.9 Å². The molecule has 134 valence electrons. The van der Waals surface area contributed by atoms with E-state index in [2.05, 4.69) is 15.6 Å². The predicted molar refractivity (Wildman–Crippen MR) is 91.6 cm³/mol. The number of aromatic nitrogens is 2. The Bertz CT molecular complexity index is 742. The van der Waals surface area contributed by atoms with Crippen LogP contribution in [0.1, 0.15) is 37.2 Å². The average Bonchev–Trinajstić information content (AvgIpc) is 3.32. The summed E-state index contributed by atoms with van der Waals surface area (Å²) in [6, 6.07) is 4.15. The molecule has 1 unspecified atom stereocenters. The minimum Gasteiger partial charge on any atom is -0.490 e. The van der Waals surface area contributed by atoms with Gasteiger partial charge in [-0.3, -0.25) is 0 Å². The minimum absolute atomic E-state index is 0.266. The first-order chi connectivity index (χ1) is 12.0. The molecule has 2 aromatic rings. The van der Waals surface area contributed by atoms with Crippen molar-refractivity contribution in [3.05, 3.63) is 47.8 Å². The van der Waals surface area contributed by atoms with Crippen LogP contribution in [0.15, 0.2) is 30.6 Å². The van der Waals surface area contributed by atoms with E-state index >= 15 is 0 Å². The number of nitrogens with one attached hydrogen (secondary N) is 2. The fourth-order valence-electron chi connectivity index (χ4n) is 2.45. The van der Waals surface area contributed by atoms with Crippen molar-refractivity contribution in [1.82, 2.24) is 20.2 Å². The lowest BCUT2D eigenvalue weighted by atomic mass is 10.1. The molecule has 1 aliphatic rings. The van der Waals surface area contributed by atoms with Gasteiger partial charge in [-0.1, -0.05) is 6.07 Å². The maximum Gasteiger partial charge on any atom is 0.315 e. The summed E-state index contributed by atoms with van der Waals surface area (Å²) in [5.41, 5.74) is 0.684. The van der Waals surface area contributed by atoms with Crippen LogP contribution in [0, 0.1) is 11.7 Å². The van der Waals surface area contributed by atoms with Crippen molar-refractivity contribution in [3.8, 4) is 5.75 Å². The van der Waals surface area contributed by atoms with E-state index in [1.54, 1.807) is 25.3 Å². The molecule has 1 heterocycles. The van der Waals surface area contributed by atoms with Gasteiger partial charge in [0, 0.05) is 19.4 Å². The number of rotatable bonds is 7. The van der Waals surface area contributed by atoms with Crippen LogP contribution < -0.4 is 15.4 Å². The van der Waals surface area contributed by atoms with Gasteiger partial charge in [0.2, 0.25) is 0 Å². The maximum absolute atomic E-state index is 14.1. The lowest BCUT2D eigenvalue weighted by Crippen LogP contribution is -2.37. The highest BCUT2D eigenvalue weighted by molar-refractivity contribution is 5.74. The summed E-state index contributed by atoms with van der Waals surface area (Å²) < 4.78 is 21.4. The van der Waals surface area contributed by atoms with Crippen molar-refractivity contribution in [2.75, 3.05) is 6.61 Å². The number of nitrogens with zero attached hydrogens (tertiary/aromatic N) is 2. The lowest BCUT2D eigenvalue weighted by molar-refractivity contribution is 0.237. The van der Waals surface area contributed by atoms with E-state index in [4.69, 9.17) is 4.74 Å². The fourth-order valence-corrected chi connectivity index (χ4v) is 2.45. The molecular formula is C18H23FN4O2. The SMILES string of the molecule is CC(NC(=O)NCc1nccn1C)c1ccc(OCC2CC2)c(F)c1. The lowest BCUT2D eigenvalue weighted by Gasteiger charge is -2.16. The Morgan fingerprint density at radius 2 is 2.28 bits per heavy atom. The zero-order valence-corrected chi connectivity index (χ0v) is 14.5. The Morgan fingerprint density at radius 3 is 2.92 bits per heavy atom. The average molecular weight is 346 g/mol. The molecule has 2 amide bonds.